The topological polar surface area (TPSA) is 71.1 Å². The molecule has 0 unspecified atom stereocenters. The van der Waals surface area contributed by atoms with Crippen molar-refractivity contribution in [2.24, 2.45) is 0 Å². The summed E-state index contributed by atoms with van der Waals surface area (Å²) in [5, 5.41) is 6.61. The average Bonchev–Trinajstić information content (AvgIpc) is 2.74. The third kappa shape index (κ3) is 3.74. The number of carbonyl (C=O) groups is 2. The van der Waals surface area contributed by atoms with Crippen LogP contribution in [0.25, 0.3) is 10.9 Å². The third-order valence-electron chi connectivity index (χ3n) is 5.17. The van der Waals surface area contributed by atoms with E-state index in [0.717, 1.165) is 22.0 Å². The highest BCUT2D eigenvalue weighted by molar-refractivity contribution is 6.07. The van der Waals surface area contributed by atoms with Crippen molar-refractivity contribution in [3.05, 3.63) is 83.4 Å². The molecule has 5 nitrogen and oxygen atoms in total. The summed E-state index contributed by atoms with van der Waals surface area (Å²) in [7, 11) is 0. The minimum absolute atomic E-state index is 0.130. The van der Waals surface area contributed by atoms with Crippen molar-refractivity contribution in [2.45, 2.75) is 25.7 Å². The van der Waals surface area contributed by atoms with Crippen molar-refractivity contribution in [3.63, 3.8) is 0 Å². The van der Waals surface area contributed by atoms with Gasteiger partial charge in [0.2, 0.25) is 5.91 Å². The number of rotatable bonds is 4. The smallest absolute Gasteiger partial charge is 0.253 e. The second-order valence-electron chi connectivity index (χ2n) is 6.95. The zero-order chi connectivity index (χ0) is 20.4. The summed E-state index contributed by atoms with van der Waals surface area (Å²) >= 11 is 0. The number of pyridine rings is 1. The van der Waals surface area contributed by atoms with Gasteiger partial charge in [0.1, 0.15) is 5.82 Å². The maximum atomic E-state index is 13.3. The summed E-state index contributed by atoms with van der Waals surface area (Å²) in [6.45, 7) is 2.01. The van der Waals surface area contributed by atoms with Gasteiger partial charge in [0.05, 0.1) is 5.52 Å². The van der Waals surface area contributed by atoms with Crippen molar-refractivity contribution in [2.75, 3.05) is 5.32 Å². The fourth-order valence-electron chi connectivity index (χ4n) is 3.70. The number of hydrogen-bond donors (Lipinski definition) is 2. The molecule has 1 aliphatic heterocycles. The number of nitrogens with one attached hydrogen (secondary N) is 2. The van der Waals surface area contributed by atoms with Gasteiger partial charge in [-0.2, -0.15) is 0 Å². The summed E-state index contributed by atoms with van der Waals surface area (Å²) in [6.07, 6.45) is 4.02. The molecule has 0 radical (unpaired) electrons. The molecule has 0 saturated heterocycles. The van der Waals surface area contributed by atoms with E-state index in [-0.39, 0.29) is 24.1 Å². The average molecular weight is 389 g/mol. The van der Waals surface area contributed by atoms with Crippen molar-refractivity contribution in [3.8, 4) is 0 Å². The van der Waals surface area contributed by atoms with Gasteiger partial charge in [0.25, 0.3) is 5.91 Å². The number of hydrogen-bond acceptors (Lipinski definition) is 3. The van der Waals surface area contributed by atoms with E-state index < -0.39 is 5.92 Å². The van der Waals surface area contributed by atoms with Gasteiger partial charge in [-0.25, -0.2) is 4.39 Å². The predicted molar refractivity (Wildman–Crippen MR) is 110 cm³/mol. The Hall–Kier alpha value is -3.54. The second-order valence-corrected chi connectivity index (χ2v) is 6.95. The highest BCUT2D eigenvalue weighted by atomic mass is 19.1. The number of aryl methyl sites for hydroxylation is 1. The van der Waals surface area contributed by atoms with Crippen molar-refractivity contribution < 1.29 is 14.0 Å². The van der Waals surface area contributed by atoms with Crippen molar-refractivity contribution in [1.29, 1.82) is 0 Å². The molecule has 2 heterocycles. The molecule has 4 rings (SSSR count). The normalized spacial score (nSPS) is 16.3. The summed E-state index contributed by atoms with van der Waals surface area (Å²) in [6, 6.07) is 13.5. The molecular formula is C23H20FN3O2. The molecule has 1 aliphatic rings. The number of halogens is 1. The Kier molecular flexibility index (Phi) is 5.08. The first-order chi connectivity index (χ1) is 14.1. The third-order valence-corrected chi connectivity index (χ3v) is 5.17. The summed E-state index contributed by atoms with van der Waals surface area (Å²) in [4.78, 5) is 29.5. The molecule has 1 aromatic heterocycles. The molecule has 0 fully saturated rings. The van der Waals surface area contributed by atoms with Crippen LogP contribution in [0, 0.1) is 5.82 Å². The Labute approximate surface area is 167 Å². The van der Waals surface area contributed by atoms with Crippen molar-refractivity contribution in [1.82, 2.24) is 10.3 Å². The van der Waals surface area contributed by atoms with Crippen LogP contribution in [-0.2, 0) is 16.0 Å². The molecule has 0 spiro atoms. The fourth-order valence-corrected chi connectivity index (χ4v) is 3.70. The molecule has 146 valence electrons. The van der Waals surface area contributed by atoms with E-state index in [1.807, 2.05) is 31.2 Å². The minimum Gasteiger partial charge on any atom is -0.332 e. The van der Waals surface area contributed by atoms with Crippen LogP contribution in [0.5, 0.6) is 0 Å². The summed E-state index contributed by atoms with van der Waals surface area (Å²) < 4.78 is 13.3. The van der Waals surface area contributed by atoms with Crippen LogP contribution in [-0.4, -0.2) is 16.8 Å². The Morgan fingerprint density at radius 3 is 2.76 bits per heavy atom. The zero-order valence-corrected chi connectivity index (χ0v) is 15.9. The van der Waals surface area contributed by atoms with Crippen LogP contribution in [0.4, 0.5) is 10.1 Å². The number of nitrogens with zero attached hydrogens (tertiary/aromatic N) is 1. The monoisotopic (exact) mass is 389 g/mol. The van der Waals surface area contributed by atoms with Crippen LogP contribution in [0.3, 0.4) is 0 Å². The standard InChI is InChI=1S/C23H20FN3O2/c1-2-17-20(10-7-15-4-3-11-25-22(15)17)27-23(29)19-13-26-21(28)12-18(19)14-5-8-16(24)9-6-14/h3-11,13,18H,2,12H2,1H3,(H,26,28)(H,27,29)/t18-/m0/s1. The van der Waals surface area contributed by atoms with E-state index >= 15 is 0 Å². The fraction of sp³-hybridized carbons (Fsp3) is 0.174. The largest absolute Gasteiger partial charge is 0.332 e. The van der Waals surface area contributed by atoms with Gasteiger partial charge in [-0.3, -0.25) is 14.6 Å². The zero-order valence-electron chi connectivity index (χ0n) is 15.9. The van der Waals surface area contributed by atoms with Gasteiger partial charge in [0.15, 0.2) is 0 Å². The number of anilines is 1. The Bertz CT molecular complexity index is 1120. The quantitative estimate of drug-likeness (QED) is 0.707. The van der Waals surface area contributed by atoms with Gasteiger partial charge < -0.3 is 10.6 Å². The molecule has 29 heavy (non-hydrogen) atoms. The Balaban J connectivity index is 1.67. The lowest BCUT2D eigenvalue weighted by Crippen LogP contribution is -2.32. The van der Waals surface area contributed by atoms with Crippen LogP contribution in [0.15, 0.2) is 66.5 Å². The number of benzene rings is 2. The van der Waals surface area contributed by atoms with E-state index in [2.05, 4.69) is 15.6 Å². The molecule has 0 aliphatic carbocycles. The maximum absolute atomic E-state index is 13.3. The summed E-state index contributed by atoms with van der Waals surface area (Å²) in [5.41, 5.74) is 3.65. The first-order valence-electron chi connectivity index (χ1n) is 9.49. The molecule has 3 aromatic rings. The van der Waals surface area contributed by atoms with Gasteiger partial charge in [-0.1, -0.05) is 31.2 Å². The Morgan fingerprint density at radius 2 is 2.00 bits per heavy atom. The molecule has 0 bridgehead atoms. The molecule has 2 amide bonds. The van der Waals surface area contributed by atoms with Gasteiger partial charge in [-0.15, -0.1) is 0 Å². The molecule has 2 aromatic carbocycles. The number of carbonyl (C=O) groups excluding carboxylic acids is 2. The molecular weight excluding hydrogens is 369 g/mol. The predicted octanol–water partition coefficient (Wildman–Crippen LogP) is 4.06. The van der Waals surface area contributed by atoms with Crippen LogP contribution in [0.2, 0.25) is 0 Å². The van der Waals surface area contributed by atoms with E-state index in [4.69, 9.17) is 0 Å². The van der Waals surface area contributed by atoms with E-state index in [9.17, 15) is 14.0 Å². The summed E-state index contributed by atoms with van der Waals surface area (Å²) in [5.74, 6) is -1.28. The lowest BCUT2D eigenvalue weighted by Gasteiger charge is -2.24. The Morgan fingerprint density at radius 1 is 1.21 bits per heavy atom. The van der Waals surface area contributed by atoms with E-state index in [1.165, 1.54) is 18.3 Å². The van der Waals surface area contributed by atoms with Crippen molar-refractivity contribution >= 4 is 28.4 Å². The molecule has 6 heteroatoms. The second kappa shape index (κ2) is 7.83. The van der Waals surface area contributed by atoms with Crippen LogP contribution in [0.1, 0.15) is 30.4 Å². The first-order valence-corrected chi connectivity index (χ1v) is 9.49. The lowest BCUT2D eigenvalue weighted by atomic mass is 9.86. The molecule has 0 saturated carbocycles. The minimum atomic E-state index is -0.437. The van der Waals surface area contributed by atoms with Crippen LogP contribution >= 0.6 is 0 Å². The highest BCUT2D eigenvalue weighted by Crippen LogP contribution is 2.32. The van der Waals surface area contributed by atoms with Crippen LogP contribution < -0.4 is 10.6 Å². The molecule has 1 atom stereocenters. The van der Waals surface area contributed by atoms with Gasteiger partial charge in [-0.05, 0) is 36.2 Å². The number of aromatic nitrogens is 1. The van der Waals surface area contributed by atoms with E-state index in [1.54, 1.807) is 18.3 Å². The lowest BCUT2D eigenvalue weighted by molar-refractivity contribution is -0.121. The van der Waals surface area contributed by atoms with E-state index in [0.29, 0.717) is 17.7 Å². The highest BCUT2D eigenvalue weighted by Gasteiger charge is 2.29. The number of amides is 2. The van der Waals surface area contributed by atoms with Gasteiger partial charge >= 0.3 is 0 Å². The molecule has 2 N–H and O–H groups in total. The SMILES string of the molecule is CCc1c(NC(=O)C2=CNC(=O)C[C@H]2c2ccc(F)cc2)ccc2cccnc12. The first kappa shape index (κ1) is 18.8. The maximum Gasteiger partial charge on any atom is 0.253 e. The van der Waals surface area contributed by atoms with Gasteiger partial charge in [0, 0.05) is 46.9 Å². The number of fused-ring (bicyclic) bond motifs is 1.